The number of nitrogens with zero attached hydrogens (tertiary/aromatic N) is 2. The fraction of sp³-hybridized carbons (Fsp3) is 0.208. The second kappa shape index (κ2) is 8.53. The first-order valence-corrected chi connectivity index (χ1v) is 9.72. The van der Waals surface area contributed by atoms with E-state index in [2.05, 4.69) is 29.2 Å². The number of carbonyl (C=O) groups is 1. The van der Waals surface area contributed by atoms with Gasteiger partial charge in [0.2, 0.25) is 0 Å². The second-order valence-corrected chi connectivity index (χ2v) is 7.18. The number of carbonyl (C=O) groups excluding carboxylic acids is 1. The van der Waals surface area contributed by atoms with Crippen molar-refractivity contribution in [2.75, 3.05) is 26.2 Å². The third-order valence-electron chi connectivity index (χ3n) is 5.36. The van der Waals surface area contributed by atoms with Crippen LogP contribution in [0.15, 0.2) is 78.9 Å². The van der Waals surface area contributed by atoms with Crippen LogP contribution in [0, 0.1) is 11.6 Å². The summed E-state index contributed by atoms with van der Waals surface area (Å²) in [4.78, 5) is 16.6. The van der Waals surface area contributed by atoms with Crippen LogP contribution in [-0.2, 0) is 0 Å². The summed E-state index contributed by atoms with van der Waals surface area (Å²) in [7, 11) is 0. The molecule has 0 bridgehead atoms. The molecule has 0 aromatic heterocycles. The molecule has 29 heavy (non-hydrogen) atoms. The van der Waals surface area contributed by atoms with Crippen LogP contribution in [-0.4, -0.2) is 41.9 Å². The molecule has 0 radical (unpaired) electrons. The Bertz CT molecular complexity index is 931. The summed E-state index contributed by atoms with van der Waals surface area (Å²) in [6.07, 6.45) is 0. The molecule has 1 saturated heterocycles. The van der Waals surface area contributed by atoms with E-state index in [0.29, 0.717) is 26.2 Å². The largest absolute Gasteiger partial charge is 0.336 e. The number of hydrogen-bond donors (Lipinski definition) is 0. The van der Waals surface area contributed by atoms with Crippen molar-refractivity contribution in [3.63, 3.8) is 0 Å². The molecular weight excluding hydrogens is 370 g/mol. The van der Waals surface area contributed by atoms with Gasteiger partial charge in [0.15, 0.2) is 0 Å². The highest BCUT2D eigenvalue weighted by molar-refractivity contribution is 5.94. The lowest BCUT2D eigenvalue weighted by Gasteiger charge is -2.39. The minimum absolute atomic E-state index is 0.0838. The van der Waals surface area contributed by atoms with E-state index in [1.54, 1.807) is 4.90 Å². The molecule has 1 amide bonds. The van der Waals surface area contributed by atoms with E-state index in [1.165, 1.54) is 11.1 Å². The molecule has 1 fully saturated rings. The Balaban J connectivity index is 1.52. The highest BCUT2D eigenvalue weighted by Crippen LogP contribution is 2.29. The summed E-state index contributed by atoms with van der Waals surface area (Å²) >= 11 is 0. The Labute approximate surface area is 169 Å². The second-order valence-electron chi connectivity index (χ2n) is 7.18. The Morgan fingerprint density at radius 1 is 0.759 bits per heavy atom. The van der Waals surface area contributed by atoms with Crippen molar-refractivity contribution in [3.05, 3.63) is 107 Å². The molecule has 3 aromatic rings. The van der Waals surface area contributed by atoms with E-state index in [1.807, 2.05) is 36.4 Å². The number of piperazine rings is 1. The predicted octanol–water partition coefficient (Wildman–Crippen LogP) is 4.51. The van der Waals surface area contributed by atoms with Crippen LogP contribution < -0.4 is 0 Å². The zero-order valence-electron chi connectivity index (χ0n) is 16.0. The molecule has 0 saturated carbocycles. The summed E-state index contributed by atoms with van der Waals surface area (Å²) in [5.41, 5.74) is 2.17. The van der Waals surface area contributed by atoms with Gasteiger partial charge in [-0.3, -0.25) is 9.69 Å². The molecule has 1 aliphatic rings. The fourth-order valence-electron chi connectivity index (χ4n) is 3.90. The molecule has 0 N–H and O–H groups in total. The van der Waals surface area contributed by atoms with E-state index >= 15 is 0 Å². The molecule has 1 aliphatic heterocycles. The van der Waals surface area contributed by atoms with E-state index in [0.717, 1.165) is 18.2 Å². The highest BCUT2D eigenvalue weighted by atomic mass is 19.1. The Hall–Kier alpha value is -3.05. The molecule has 0 atom stereocenters. The van der Waals surface area contributed by atoms with E-state index in [-0.39, 0.29) is 11.6 Å². The smallest absolute Gasteiger partial charge is 0.257 e. The number of benzene rings is 3. The maximum atomic E-state index is 14.0. The third kappa shape index (κ3) is 4.20. The van der Waals surface area contributed by atoms with Crippen LogP contribution in [0.4, 0.5) is 8.78 Å². The van der Waals surface area contributed by atoms with Crippen molar-refractivity contribution >= 4 is 5.91 Å². The quantitative estimate of drug-likeness (QED) is 0.652. The van der Waals surface area contributed by atoms with Gasteiger partial charge in [-0.05, 0) is 29.3 Å². The molecule has 0 unspecified atom stereocenters. The van der Waals surface area contributed by atoms with Gasteiger partial charge in [-0.2, -0.15) is 0 Å². The minimum atomic E-state index is -0.690. The van der Waals surface area contributed by atoms with Crippen molar-refractivity contribution < 1.29 is 13.6 Å². The monoisotopic (exact) mass is 392 g/mol. The summed E-state index contributed by atoms with van der Waals surface area (Å²) in [6.45, 7) is 2.23. The molecule has 0 spiro atoms. The number of amides is 1. The van der Waals surface area contributed by atoms with Crippen molar-refractivity contribution in [2.24, 2.45) is 0 Å². The molecule has 3 nitrogen and oxygen atoms in total. The van der Waals surface area contributed by atoms with Gasteiger partial charge in [0.05, 0.1) is 11.6 Å². The summed E-state index contributed by atoms with van der Waals surface area (Å²) in [5.74, 6) is -1.76. The summed E-state index contributed by atoms with van der Waals surface area (Å²) < 4.78 is 27.5. The molecule has 148 valence electrons. The van der Waals surface area contributed by atoms with Gasteiger partial charge >= 0.3 is 0 Å². The van der Waals surface area contributed by atoms with Gasteiger partial charge in [-0.25, -0.2) is 8.78 Å². The summed E-state index contributed by atoms with van der Waals surface area (Å²) in [5, 5.41) is 0. The van der Waals surface area contributed by atoms with E-state index in [4.69, 9.17) is 0 Å². The van der Waals surface area contributed by atoms with Crippen LogP contribution in [0.2, 0.25) is 0 Å². The van der Waals surface area contributed by atoms with Crippen LogP contribution in [0.5, 0.6) is 0 Å². The van der Waals surface area contributed by atoms with Gasteiger partial charge in [-0.15, -0.1) is 0 Å². The standard InChI is InChI=1S/C24H22F2N2O/c25-20-11-12-22(26)21(17-20)24(29)28-15-13-27(14-16-28)23(18-7-3-1-4-8-18)19-9-5-2-6-10-19/h1-12,17,23H,13-16H2. The zero-order valence-corrected chi connectivity index (χ0v) is 16.0. The lowest BCUT2D eigenvalue weighted by atomic mass is 9.96. The van der Waals surface area contributed by atoms with Crippen LogP contribution in [0.3, 0.4) is 0 Å². The maximum absolute atomic E-state index is 14.0. The average Bonchev–Trinajstić information content (AvgIpc) is 2.77. The minimum Gasteiger partial charge on any atom is -0.336 e. The van der Waals surface area contributed by atoms with Crippen molar-refractivity contribution in [3.8, 4) is 0 Å². The van der Waals surface area contributed by atoms with Gasteiger partial charge in [0.1, 0.15) is 11.6 Å². The molecule has 0 aliphatic carbocycles. The number of halogens is 2. The van der Waals surface area contributed by atoms with Gasteiger partial charge < -0.3 is 4.90 Å². The van der Waals surface area contributed by atoms with Crippen molar-refractivity contribution in [2.45, 2.75) is 6.04 Å². The van der Waals surface area contributed by atoms with Gasteiger partial charge in [-0.1, -0.05) is 60.7 Å². The predicted molar refractivity (Wildman–Crippen MR) is 109 cm³/mol. The number of rotatable bonds is 4. The lowest BCUT2D eigenvalue weighted by Crippen LogP contribution is -2.50. The molecule has 4 rings (SSSR count). The molecular formula is C24H22F2N2O. The normalized spacial score (nSPS) is 14.9. The average molecular weight is 392 g/mol. The van der Waals surface area contributed by atoms with Crippen LogP contribution in [0.1, 0.15) is 27.5 Å². The highest BCUT2D eigenvalue weighted by Gasteiger charge is 2.29. The Morgan fingerprint density at radius 3 is 1.86 bits per heavy atom. The number of hydrogen-bond acceptors (Lipinski definition) is 2. The van der Waals surface area contributed by atoms with Gasteiger partial charge in [0, 0.05) is 26.2 Å². The maximum Gasteiger partial charge on any atom is 0.257 e. The lowest BCUT2D eigenvalue weighted by molar-refractivity contribution is 0.0592. The SMILES string of the molecule is O=C(c1cc(F)ccc1F)N1CCN(C(c2ccccc2)c2ccccc2)CC1. The topological polar surface area (TPSA) is 23.6 Å². The molecule has 1 heterocycles. The van der Waals surface area contributed by atoms with Crippen molar-refractivity contribution in [1.82, 2.24) is 9.80 Å². The summed E-state index contributed by atoms with van der Waals surface area (Å²) in [6, 6.07) is 23.6. The van der Waals surface area contributed by atoms with E-state index in [9.17, 15) is 13.6 Å². The molecule has 3 aromatic carbocycles. The van der Waals surface area contributed by atoms with Crippen molar-refractivity contribution in [1.29, 1.82) is 0 Å². The van der Waals surface area contributed by atoms with Crippen LogP contribution in [0.25, 0.3) is 0 Å². The van der Waals surface area contributed by atoms with Gasteiger partial charge in [0.25, 0.3) is 5.91 Å². The first-order chi connectivity index (χ1) is 14.1. The first-order valence-electron chi connectivity index (χ1n) is 9.72. The zero-order chi connectivity index (χ0) is 20.2. The Kier molecular flexibility index (Phi) is 5.67. The Morgan fingerprint density at radius 2 is 1.31 bits per heavy atom. The fourth-order valence-corrected chi connectivity index (χ4v) is 3.90. The third-order valence-corrected chi connectivity index (χ3v) is 5.36. The first kappa shape index (κ1) is 19.3. The van der Waals surface area contributed by atoms with E-state index < -0.39 is 17.5 Å². The van der Waals surface area contributed by atoms with Crippen LogP contribution >= 0.6 is 0 Å². The molecule has 5 heteroatoms.